The fraction of sp³-hybridized carbons (Fsp3) is 0.462. The summed E-state index contributed by atoms with van der Waals surface area (Å²) in [6.45, 7) is 5.29. The average molecular weight is 464 g/mol. The monoisotopic (exact) mass is 463 g/mol. The van der Waals surface area contributed by atoms with E-state index >= 15 is 0 Å². The molecule has 4 heterocycles. The summed E-state index contributed by atoms with van der Waals surface area (Å²) in [5.74, 6) is 0.522. The molecule has 0 N–H and O–H groups in total. The van der Waals surface area contributed by atoms with E-state index in [1.807, 2.05) is 24.0 Å². The third-order valence-corrected chi connectivity index (χ3v) is 6.85. The number of halogens is 1. The van der Waals surface area contributed by atoms with Crippen LogP contribution < -0.4 is 4.90 Å². The predicted molar refractivity (Wildman–Crippen MR) is 128 cm³/mol. The lowest BCUT2D eigenvalue weighted by Crippen LogP contribution is -2.45. The highest BCUT2D eigenvalue weighted by atomic mass is 19.1. The molecule has 1 amide bonds. The summed E-state index contributed by atoms with van der Waals surface area (Å²) in [7, 11) is 0. The number of pyridine rings is 1. The molecule has 1 atom stereocenters. The number of hydrogen-bond donors (Lipinski definition) is 0. The second kappa shape index (κ2) is 10.0. The van der Waals surface area contributed by atoms with E-state index in [9.17, 15) is 9.18 Å². The summed E-state index contributed by atoms with van der Waals surface area (Å²) in [5, 5.41) is 0.731. The minimum absolute atomic E-state index is 0.0323. The molecule has 0 spiro atoms. The Morgan fingerprint density at radius 3 is 2.68 bits per heavy atom. The molecular weight excluding hydrogens is 433 g/mol. The Labute approximate surface area is 199 Å². The van der Waals surface area contributed by atoms with Gasteiger partial charge < -0.3 is 14.5 Å². The Morgan fingerprint density at radius 2 is 1.94 bits per heavy atom. The number of ether oxygens (including phenoxy) is 1. The maximum Gasteiger partial charge on any atom is 0.226 e. The summed E-state index contributed by atoms with van der Waals surface area (Å²) in [4.78, 5) is 31.0. The van der Waals surface area contributed by atoms with Gasteiger partial charge in [-0.2, -0.15) is 0 Å². The van der Waals surface area contributed by atoms with Crippen LogP contribution in [0.4, 0.5) is 10.3 Å². The quantitative estimate of drug-likeness (QED) is 0.552. The molecular formula is C26H30FN5O2. The van der Waals surface area contributed by atoms with Crippen molar-refractivity contribution in [3.63, 3.8) is 0 Å². The van der Waals surface area contributed by atoms with Crippen LogP contribution >= 0.6 is 0 Å². The van der Waals surface area contributed by atoms with Crippen molar-refractivity contribution in [1.82, 2.24) is 19.9 Å². The zero-order valence-corrected chi connectivity index (χ0v) is 19.5. The molecule has 5 rings (SSSR count). The van der Waals surface area contributed by atoms with Gasteiger partial charge in [-0.3, -0.25) is 9.78 Å². The molecule has 0 unspecified atom stereocenters. The van der Waals surface area contributed by atoms with Gasteiger partial charge >= 0.3 is 0 Å². The van der Waals surface area contributed by atoms with Gasteiger partial charge in [0.2, 0.25) is 11.9 Å². The lowest BCUT2D eigenvalue weighted by atomic mass is 9.95. The van der Waals surface area contributed by atoms with E-state index in [0.717, 1.165) is 54.5 Å². The van der Waals surface area contributed by atoms with E-state index in [-0.39, 0.29) is 23.7 Å². The number of benzene rings is 1. The largest absolute Gasteiger partial charge is 0.376 e. The number of carbonyl (C=O) groups is 1. The van der Waals surface area contributed by atoms with Gasteiger partial charge in [-0.15, -0.1) is 0 Å². The number of fused-ring (bicyclic) bond motifs is 1. The molecule has 2 fully saturated rings. The lowest BCUT2D eigenvalue weighted by molar-refractivity contribution is -0.138. The van der Waals surface area contributed by atoms with Gasteiger partial charge in [0.15, 0.2) is 0 Å². The maximum atomic E-state index is 13.6. The number of piperidine rings is 1. The predicted octanol–water partition coefficient (Wildman–Crippen LogP) is 3.90. The average Bonchev–Trinajstić information content (AvgIpc) is 3.37. The van der Waals surface area contributed by atoms with E-state index in [0.29, 0.717) is 32.1 Å². The highest BCUT2D eigenvalue weighted by Gasteiger charge is 2.31. The van der Waals surface area contributed by atoms with E-state index in [4.69, 9.17) is 4.74 Å². The zero-order valence-electron chi connectivity index (χ0n) is 19.5. The van der Waals surface area contributed by atoms with Gasteiger partial charge in [-0.25, -0.2) is 14.4 Å². The van der Waals surface area contributed by atoms with Crippen LogP contribution in [0.1, 0.15) is 36.9 Å². The van der Waals surface area contributed by atoms with Crippen LogP contribution in [0.25, 0.3) is 10.9 Å². The smallest absolute Gasteiger partial charge is 0.226 e. The second-order valence-electron chi connectivity index (χ2n) is 9.24. The van der Waals surface area contributed by atoms with Crippen molar-refractivity contribution in [3.8, 4) is 0 Å². The minimum Gasteiger partial charge on any atom is -0.376 e. The number of anilines is 1. The van der Waals surface area contributed by atoms with Crippen LogP contribution in [-0.2, 0) is 16.1 Å². The number of amides is 1. The highest BCUT2D eigenvalue weighted by Crippen LogP contribution is 2.27. The van der Waals surface area contributed by atoms with Crippen LogP contribution in [0.15, 0.2) is 42.7 Å². The number of aromatic nitrogens is 3. The van der Waals surface area contributed by atoms with Crippen LogP contribution in [0.5, 0.6) is 0 Å². The summed E-state index contributed by atoms with van der Waals surface area (Å²) < 4.78 is 19.4. The van der Waals surface area contributed by atoms with Crippen molar-refractivity contribution in [2.75, 3.05) is 31.1 Å². The Kier molecular flexibility index (Phi) is 6.67. The molecule has 0 radical (unpaired) electrons. The van der Waals surface area contributed by atoms with E-state index < -0.39 is 0 Å². The third-order valence-electron chi connectivity index (χ3n) is 6.85. The number of nitrogens with zero attached hydrogens (tertiary/aromatic N) is 5. The molecule has 2 aromatic heterocycles. The molecule has 2 aliphatic rings. The van der Waals surface area contributed by atoms with Crippen molar-refractivity contribution in [2.24, 2.45) is 5.92 Å². The van der Waals surface area contributed by atoms with Gasteiger partial charge in [-0.05, 0) is 68.5 Å². The van der Waals surface area contributed by atoms with Crippen molar-refractivity contribution in [3.05, 3.63) is 59.8 Å². The van der Waals surface area contributed by atoms with Gasteiger partial charge in [0.05, 0.1) is 17.3 Å². The van der Waals surface area contributed by atoms with Crippen molar-refractivity contribution >= 4 is 22.8 Å². The molecule has 34 heavy (non-hydrogen) atoms. The van der Waals surface area contributed by atoms with Crippen molar-refractivity contribution in [1.29, 1.82) is 0 Å². The molecule has 0 bridgehead atoms. The summed E-state index contributed by atoms with van der Waals surface area (Å²) in [5.41, 5.74) is 2.58. The maximum absolute atomic E-state index is 13.6. The first-order valence-corrected chi connectivity index (χ1v) is 12.0. The molecule has 7 nitrogen and oxygen atoms in total. The van der Waals surface area contributed by atoms with E-state index in [1.165, 1.54) is 12.1 Å². The number of aryl methyl sites for hydroxylation is 1. The third kappa shape index (κ3) is 5.01. The van der Waals surface area contributed by atoms with Gasteiger partial charge in [0, 0.05) is 56.5 Å². The molecule has 8 heteroatoms. The number of carbonyl (C=O) groups excluding carboxylic acids is 1. The fourth-order valence-electron chi connectivity index (χ4n) is 4.94. The standard InChI is InChI=1S/C26H30FN5O2/c1-18-23-15-21(27)4-5-24(23)30-26(29-18)31-12-8-20(9-13-31)25(33)32(17-22-3-2-14-34-22)16-19-6-10-28-11-7-19/h4-7,10-11,15,20,22H,2-3,8-9,12-14,16-17H2,1H3/t22-/m1/s1. The van der Waals surface area contributed by atoms with Gasteiger partial charge in [0.25, 0.3) is 0 Å². The first-order valence-electron chi connectivity index (χ1n) is 12.0. The van der Waals surface area contributed by atoms with Crippen LogP contribution in [-0.4, -0.2) is 58.1 Å². The Balaban J connectivity index is 1.27. The zero-order chi connectivity index (χ0) is 23.5. The van der Waals surface area contributed by atoms with E-state index in [1.54, 1.807) is 18.5 Å². The van der Waals surface area contributed by atoms with Crippen LogP contribution in [0.3, 0.4) is 0 Å². The Bertz CT molecular complexity index is 1140. The van der Waals surface area contributed by atoms with Crippen LogP contribution in [0, 0.1) is 18.7 Å². The summed E-state index contributed by atoms with van der Waals surface area (Å²) in [6, 6.07) is 8.52. The lowest BCUT2D eigenvalue weighted by Gasteiger charge is -2.35. The van der Waals surface area contributed by atoms with Crippen molar-refractivity contribution < 1.29 is 13.9 Å². The molecule has 0 saturated carbocycles. The molecule has 0 aliphatic carbocycles. The summed E-state index contributed by atoms with van der Waals surface area (Å²) in [6.07, 6.45) is 7.21. The number of hydrogen-bond acceptors (Lipinski definition) is 6. The van der Waals surface area contributed by atoms with Gasteiger partial charge in [0.1, 0.15) is 5.82 Å². The Hall–Kier alpha value is -3.13. The van der Waals surface area contributed by atoms with Crippen molar-refractivity contribution in [2.45, 2.75) is 45.3 Å². The first-order chi connectivity index (χ1) is 16.6. The molecule has 178 valence electrons. The molecule has 2 aliphatic heterocycles. The molecule has 1 aromatic carbocycles. The SMILES string of the molecule is Cc1nc(N2CCC(C(=O)N(Cc3ccncc3)C[C@H]3CCCO3)CC2)nc2ccc(F)cc12. The highest BCUT2D eigenvalue weighted by molar-refractivity contribution is 5.82. The number of rotatable bonds is 6. The minimum atomic E-state index is -0.286. The van der Waals surface area contributed by atoms with E-state index in [2.05, 4.69) is 19.9 Å². The van der Waals surface area contributed by atoms with Gasteiger partial charge in [-0.1, -0.05) is 0 Å². The normalized spacial score (nSPS) is 19.0. The summed E-state index contributed by atoms with van der Waals surface area (Å²) >= 11 is 0. The second-order valence-corrected chi connectivity index (χ2v) is 9.24. The molecule has 3 aromatic rings. The topological polar surface area (TPSA) is 71.5 Å². The first kappa shape index (κ1) is 22.7. The molecule has 2 saturated heterocycles. The fourth-order valence-corrected chi connectivity index (χ4v) is 4.94. The Morgan fingerprint density at radius 1 is 1.15 bits per heavy atom. The van der Waals surface area contributed by atoms with Crippen LogP contribution in [0.2, 0.25) is 0 Å².